The van der Waals surface area contributed by atoms with Gasteiger partial charge in [0.05, 0.1) is 10.9 Å². The van der Waals surface area contributed by atoms with E-state index in [9.17, 15) is 24.6 Å². The first kappa shape index (κ1) is 27.4. The van der Waals surface area contributed by atoms with Crippen LogP contribution in [0.15, 0.2) is 51.2 Å². The molecule has 2 aromatic heterocycles. The van der Waals surface area contributed by atoms with E-state index in [2.05, 4.69) is 30.6 Å². The number of fused-ring (bicyclic) bond motifs is 1. The number of aromatic amines is 1. The van der Waals surface area contributed by atoms with Gasteiger partial charge in [-0.25, -0.2) is 14.8 Å². The highest BCUT2D eigenvalue weighted by atomic mass is 32.2. The van der Waals surface area contributed by atoms with Gasteiger partial charge in [0.25, 0.3) is 11.8 Å². The molecule has 0 aliphatic carbocycles. The Kier molecular flexibility index (Phi) is 7.66. The maximum atomic E-state index is 13.1. The average Bonchev–Trinajstić information content (AvgIpc) is 3.58. The number of carboxylic acids is 1. The summed E-state index contributed by atoms with van der Waals surface area (Å²) in [6.45, 7) is 0. The van der Waals surface area contributed by atoms with E-state index >= 15 is 0 Å². The third-order valence-corrected chi connectivity index (χ3v) is 8.76. The van der Waals surface area contributed by atoms with Gasteiger partial charge in [0, 0.05) is 11.1 Å². The van der Waals surface area contributed by atoms with Crippen LogP contribution in [0.4, 0.5) is 5.13 Å². The summed E-state index contributed by atoms with van der Waals surface area (Å²) in [6.07, 6.45) is 0. The molecule has 4 heterocycles. The Morgan fingerprint density at radius 1 is 1.35 bits per heavy atom. The molecule has 0 bridgehead atoms. The van der Waals surface area contributed by atoms with Crippen molar-refractivity contribution in [2.45, 2.75) is 21.9 Å². The molecule has 3 aromatic rings. The number of phenols is 1. The number of aromatic hydroxyl groups is 1. The smallest absolute Gasteiger partial charge is 0.352 e. The second-order valence-corrected chi connectivity index (χ2v) is 11.4. The minimum atomic E-state index is -1.33. The van der Waals surface area contributed by atoms with Crippen molar-refractivity contribution >= 4 is 63.5 Å². The Morgan fingerprint density at radius 2 is 2.12 bits per heavy atom. The van der Waals surface area contributed by atoms with Gasteiger partial charge in [-0.2, -0.15) is 0 Å². The molecule has 1 unspecified atom stereocenters. The van der Waals surface area contributed by atoms with E-state index < -0.39 is 34.6 Å². The summed E-state index contributed by atoms with van der Waals surface area (Å²) in [5.74, 6) is -2.18. The third kappa shape index (κ3) is 5.08. The number of H-pyrrole nitrogens is 1. The number of rotatable bonds is 9. The van der Waals surface area contributed by atoms with Crippen molar-refractivity contribution in [3.05, 3.63) is 46.6 Å². The fraction of sp³-hybridized carbons (Fsp3) is 0.227. The van der Waals surface area contributed by atoms with Gasteiger partial charge in [-0.15, -0.1) is 28.2 Å². The van der Waals surface area contributed by atoms with Crippen molar-refractivity contribution in [1.82, 2.24) is 30.4 Å². The number of nitrogens with zero attached hydrogens (tertiary/aromatic N) is 5. The van der Waals surface area contributed by atoms with Gasteiger partial charge in [0.15, 0.2) is 16.7 Å². The number of benzene rings is 1. The number of nitrogen functional groups attached to an aromatic ring is 1. The first-order valence-electron chi connectivity index (χ1n) is 11.4. The molecule has 1 aromatic carbocycles. The van der Waals surface area contributed by atoms with Crippen molar-refractivity contribution in [1.29, 1.82) is 0 Å². The molecule has 3 atom stereocenters. The van der Waals surface area contributed by atoms with Crippen LogP contribution >= 0.6 is 34.9 Å². The summed E-state index contributed by atoms with van der Waals surface area (Å²) in [6, 6.07) is 5.56. The van der Waals surface area contributed by atoms with Crippen LogP contribution in [0, 0.1) is 0 Å². The highest BCUT2D eigenvalue weighted by Gasteiger charge is 2.55. The number of carbonyl (C=O) groups excluding carboxylic acids is 2. The fourth-order valence-corrected chi connectivity index (χ4v) is 6.90. The molecule has 15 nitrogen and oxygen atoms in total. The maximum Gasteiger partial charge on any atom is 0.352 e. The Bertz CT molecular complexity index is 1550. The number of oxime groups is 1. The van der Waals surface area contributed by atoms with E-state index in [-0.39, 0.29) is 38.9 Å². The number of aliphatic carboxylic acids is 1. The van der Waals surface area contributed by atoms with E-state index in [4.69, 9.17) is 16.3 Å². The molecule has 2 aliphatic heterocycles. The first-order chi connectivity index (χ1) is 19.2. The summed E-state index contributed by atoms with van der Waals surface area (Å²) >= 11 is 3.35. The predicted molar refractivity (Wildman–Crippen MR) is 147 cm³/mol. The van der Waals surface area contributed by atoms with Crippen LogP contribution in [0.5, 0.6) is 5.75 Å². The van der Waals surface area contributed by atoms with Crippen molar-refractivity contribution in [2.75, 3.05) is 18.6 Å². The Balaban J connectivity index is 1.32. The molecule has 208 valence electrons. The van der Waals surface area contributed by atoms with Crippen LogP contribution in [0.3, 0.4) is 0 Å². The van der Waals surface area contributed by atoms with Crippen molar-refractivity contribution < 1.29 is 29.4 Å². The number of thiazole rings is 1. The molecule has 1 fully saturated rings. The molecule has 18 heteroatoms. The zero-order chi connectivity index (χ0) is 28.6. The lowest BCUT2D eigenvalue weighted by Crippen LogP contribution is -2.71. The topological polar surface area (TPSA) is 235 Å². The lowest BCUT2D eigenvalue weighted by molar-refractivity contribution is -0.150. The molecule has 8 N–H and O–H groups in total. The van der Waals surface area contributed by atoms with Crippen LogP contribution < -0.4 is 16.8 Å². The maximum absolute atomic E-state index is 13.1. The van der Waals surface area contributed by atoms with E-state index in [1.165, 1.54) is 30.3 Å². The van der Waals surface area contributed by atoms with Gasteiger partial charge in [0.2, 0.25) is 5.16 Å². The molecule has 2 aliphatic rings. The summed E-state index contributed by atoms with van der Waals surface area (Å²) in [5.41, 5.74) is 12.5. The summed E-state index contributed by atoms with van der Waals surface area (Å²) in [4.78, 5) is 52.5. The number of nitrogens with two attached hydrogens (primary N) is 2. The third-order valence-electron chi connectivity index (χ3n) is 5.85. The normalized spacial score (nSPS) is 19.6. The summed E-state index contributed by atoms with van der Waals surface area (Å²) in [7, 11) is 1.26. The van der Waals surface area contributed by atoms with Gasteiger partial charge in [0.1, 0.15) is 35.7 Å². The highest BCUT2D eigenvalue weighted by molar-refractivity contribution is 8.01. The molecule has 40 heavy (non-hydrogen) atoms. The number of β-lactam (4-membered cyclic amide) rings is 1. The molecule has 1 saturated heterocycles. The molecular weight excluding hydrogens is 583 g/mol. The predicted octanol–water partition coefficient (Wildman–Crippen LogP) is 0.382. The van der Waals surface area contributed by atoms with Crippen molar-refractivity contribution in [2.24, 2.45) is 10.9 Å². The molecular formula is C22H21N9O6S3. The largest absolute Gasteiger partial charge is 0.507 e. The lowest BCUT2D eigenvalue weighted by atomic mass is 10.0. The van der Waals surface area contributed by atoms with Gasteiger partial charge in [-0.3, -0.25) is 19.6 Å². The number of phenolic OH excluding ortho intramolecular Hbond substituents is 1. The zero-order valence-electron chi connectivity index (χ0n) is 20.5. The second-order valence-electron chi connectivity index (χ2n) is 8.26. The Morgan fingerprint density at radius 3 is 2.80 bits per heavy atom. The minimum absolute atomic E-state index is 0.0133. The number of hydrogen-bond acceptors (Lipinski definition) is 14. The second kappa shape index (κ2) is 11.2. The van der Waals surface area contributed by atoms with E-state index in [1.54, 1.807) is 18.2 Å². The monoisotopic (exact) mass is 603 g/mol. The molecule has 0 saturated carbocycles. The van der Waals surface area contributed by atoms with Crippen LogP contribution in [-0.4, -0.2) is 88.4 Å². The molecule has 0 spiro atoms. The first-order valence-corrected chi connectivity index (χ1v) is 14.2. The Hall–Kier alpha value is -4.13. The van der Waals surface area contributed by atoms with Gasteiger partial charge in [-0.05, 0) is 17.7 Å². The van der Waals surface area contributed by atoms with Crippen LogP contribution in [0.1, 0.15) is 5.69 Å². The lowest BCUT2D eigenvalue weighted by Gasteiger charge is -2.49. The van der Waals surface area contributed by atoms with Crippen LogP contribution in [-0.2, 0) is 19.2 Å². The van der Waals surface area contributed by atoms with Gasteiger partial charge in [-0.1, -0.05) is 29.1 Å². The number of amides is 2. The highest BCUT2D eigenvalue weighted by Crippen LogP contribution is 2.42. The number of hydrogen-bond donors (Lipinski definition) is 6. The fourth-order valence-electron chi connectivity index (χ4n) is 4.04. The average molecular weight is 604 g/mol. The minimum Gasteiger partial charge on any atom is -0.507 e. The number of para-hydroxylation sites is 1. The van der Waals surface area contributed by atoms with E-state index in [1.807, 2.05) is 0 Å². The summed E-state index contributed by atoms with van der Waals surface area (Å²) < 4.78 is 0. The molecule has 2 amide bonds. The van der Waals surface area contributed by atoms with Crippen LogP contribution in [0.2, 0.25) is 0 Å². The number of anilines is 1. The van der Waals surface area contributed by atoms with Crippen molar-refractivity contribution in [3.8, 4) is 17.1 Å². The van der Waals surface area contributed by atoms with Gasteiger partial charge < -0.3 is 31.8 Å². The van der Waals surface area contributed by atoms with E-state index in [0.717, 1.165) is 28.0 Å². The SMILES string of the molecule is CON=C(C(=O)N[C@@H]1C(=O)N2C(C(=O)O)=C(C(N)Sc3n[nH]c(-c4ccccc4O)n3)CS[C@@H]12)c1csc(N)n1. The van der Waals surface area contributed by atoms with E-state index in [0.29, 0.717) is 17.0 Å². The number of thioether (sulfide) groups is 2. The van der Waals surface area contributed by atoms with Gasteiger partial charge >= 0.3 is 5.97 Å². The number of nitrogens with one attached hydrogen (secondary N) is 2. The zero-order valence-corrected chi connectivity index (χ0v) is 22.9. The molecule has 0 radical (unpaired) electrons. The number of carboxylic acid groups (broad SMARTS) is 1. The number of aromatic nitrogens is 4. The standard InChI is InChI=1S/C22H21N9O6S3/c1-37-30-12(10-7-39-21(24)25-10)17(33)26-13-18(34)31-14(20(35)36)9(6-38-19(13)31)15(23)40-22-27-16(28-29-22)8-4-2-3-5-11(8)32/h2-5,7,13,15,19,32H,6,23H2,1H3,(H2,24,25)(H,26,33)(H,35,36)(H,27,28,29)/t13-,15?,19+/m1/s1. The number of carbonyl (C=O) groups is 3. The molecule has 5 rings (SSSR count). The summed E-state index contributed by atoms with van der Waals surface area (Å²) in [5, 5.41) is 33.6. The van der Waals surface area contributed by atoms with Crippen LogP contribution in [0.25, 0.3) is 11.4 Å². The Labute approximate surface area is 238 Å². The quantitative estimate of drug-likeness (QED) is 0.0639. The van der Waals surface area contributed by atoms with Crippen molar-refractivity contribution in [3.63, 3.8) is 0 Å².